The van der Waals surface area contributed by atoms with E-state index in [1.165, 1.54) is 0 Å². The zero-order chi connectivity index (χ0) is 21.7. The maximum atomic E-state index is 12.6. The fourth-order valence-corrected chi connectivity index (χ4v) is 2.99. The number of benzene rings is 2. The molecule has 0 saturated carbocycles. The molecule has 7 nitrogen and oxygen atoms in total. The molecule has 0 aliphatic carbocycles. The van der Waals surface area contributed by atoms with Gasteiger partial charge in [-0.15, -0.1) is 0 Å². The summed E-state index contributed by atoms with van der Waals surface area (Å²) in [5.74, 6) is -0.225. The minimum absolute atomic E-state index is 0.225. The van der Waals surface area contributed by atoms with Crippen LogP contribution in [-0.2, 0) is 16.0 Å². The normalized spacial score (nSPS) is 11.3. The Labute approximate surface area is 176 Å². The molecule has 2 amide bonds. The van der Waals surface area contributed by atoms with E-state index < -0.39 is 11.7 Å². The van der Waals surface area contributed by atoms with Gasteiger partial charge in [0.2, 0.25) is 0 Å². The van der Waals surface area contributed by atoms with E-state index in [1.807, 2.05) is 30.5 Å². The van der Waals surface area contributed by atoms with Gasteiger partial charge in [0.05, 0.1) is 6.61 Å². The summed E-state index contributed by atoms with van der Waals surface area (Å²) in [6.07, 6.45) is 1.47. The van der Waals surface area contributed by atoms with Gasteiger partial charge in [0.15, 0.2) is 0 Å². The van der Waals surface area contributed by atoms with E-state index in [1.54, 1.807) is 52.1 Å². The van der Waals surface area contributed by atoms with Gasteiger partial charge in [0.25, 0.3) is 5.91 Å². The topological polar surface area (TPSA) is 81.6 Å². The first-order chi connectivity index (χ1) is 14.2. The summed E-state index contributed by atoms with van der Waals surface area (Å²) < 4.78 is 12.5. The third-order valence-electron chi connectivity index (χ3n) is 4.36. The number of nitrogens with one attached hydrogen (secondary N) is 2. The van der Waals surface area contributed by atoms with Gasteiger partial charge in [-0.25, -0.2) is 4.79 Å². The fraction of sp³-hybridized carbons (Fsp3) is 0.304. The van der Waals surface area contributed by atoms with Gasteiger partial charge in [0, 0.05) is 47.7 Å². The number of hydrogen-bond donors (Lipinski definition) is 2. The Morgan fingerprint density at radius 2 is 1.67 bits per heavy atom. The number of ether oxygens (including phenoxy) is 2. The first-order valence-corrected chi connectivity index (χ1v) is 9.74. The molecule has 0 spiro atoms. The summed E-state index contributed by atoms with van der Waals surface area (Å²) in [5.41, 5.74) is 2.27. The number of hydrogen-bond acceptors (Lipinski definition) is 4. The molecule has 0 atom stereocenters. The van der Waals surface area contributed by atoms with Crippen molar-refractivity contribution in [2.75, 3.05) is 24.4 Å². The molecule has 0 saturated heterocycles. The number of fused-ring (bicyclic) bond motifs is 1. The molecule has 2 aromatic carbocycles. The first kappa shape index (κ1) is 21.4. The molecule has 3 rings (SSSR count). The molecule has 0 fully saturated rings. The van der Waals surface area contributed by atoms with E-state index in [0.29, 0.717) is 23.5 Å². The average Bonchev–Trinajstić information content (AvgIpc) is 3.07. The summed E-state index contributed by atoms with van der Waals surface area (Å²) >= 11 is 0. The SMILES string of the molecule is COCCn1ccc2cc(NC(=O)c3ccc(NC(=O)OC(C)(C)C)cc3)ccc21. The molecule has 1 heterocycles. The van der Waals surface area contributed by atoms with Crippen molar-refractivity contribution in [3.8, 4) is 0 Å². The standard InChI is InChI=1S/C23H27N3O4/c1-23(2,3)30-22(28)25-18-7-5-16(6-8-18)21(27)24-19-9-10-20-17(15-19)11-12-26(20)13-14-29-4/h5-12,15H,13-14H2,1-4H3,(H,24,27)(H,25,28). The number of aromatic nitrogens is 1. The van der Waals surface area contributed by atoms with Gasteiger partial charge < -0.3 is 19.4 Å². The second-order valence-electron chi connectivity index (χ2n) is 7.93. The Balaban J connectivity index is 1.63. The Bertz CT molecular complexity index is 1030. The van der Waals surface area contributed by atoms with Crippen LogP contribution in [0.2, 0.25) is 0 Å². The number of carbonyl (C=O) groups is 2. The summed E-state index contributed by atoms with van der Waals surface area (Å²) in [7, 11) is 1.68. The van der Waals surface area contributed by atoms with Crippen molar-refractivity contribution < 1.29 is 19.1 Å². The van der Waals surface area contributed by atoms with E-state index >= 15 is 0 Å². The van der Waals surface area contributed by atoms with Gasteiger partial charge >= 0.3 is 6.09 Å². The Kier molecular flexibility index (Phi) is 6.42. The molecule has 2 N–H and O–H groups in total. The van der Waals surface area contributed by atoms with Crippen molar-refractivity contribution in [2.45, 2.75) is 32.9 Å². The minimum atomic E-state index is -0.574. The maximum absolute atomic E-state index is 12.6. The van der Waals surface area contributed by atoms with E-state index in [-0.39, 0.29) is 5.91 Å². The Morgan fingerprint density at radius 1 is 0.967 bits per heavy atom. The molecule has 0 radical (unpaired) electrons. The summed E-state index contributed by atoms with van der Waals surface area (Å²) in [5, 5.41) is 6.60. The van der Waals surface area contributed by atoms with Crippen molar-refractivity contribution >= 4 is 34.3 Å². The van der Waals surface area contributed by atoms with E-state index in [0.717, 1.165) is 17.4 Å². The predicted molar refractivity (Wildman–Crippen MR) is 118 cm³/mol. The van der Waals surface area contributed by atoms with Gasteiger partial charge in [-0.1, -0.05) is 0 Å². The van der Waals surface area contributed by atoms with Crippen LogP contribution >= 0.6 is 0 Å². The number of amides is 2. The Morgan fingerprint density at radius 3 is 2.33 bits per heavy atom. The average molecular weight is 409 g/mol. The van der Waals surface area contributed by atoms with Crippen LogP contribution in [0.4, 0.5) is 16.2 Å². The highest BCUT2D eigenvalue weighted by atomic mass is 16.6. The molecule has 0 aliphatic rings. The lowest BCUT2D eigenvalue weighted by molar-refractivity contribution is 0.0636. The van der Waals surface area contributed by atoms with Crippen molar-refractivity contribution in [1.29, 1.82) is 0 Å². The zero-order valence-electron chi connectivity index (χ0n) is 17.7. The largest absolute Gasteiger partial charge is 0.444 e. The van der Waals surface area contributed by atoms with Crippen LogP contribution in [-0.4, -0.2) is 35.9 Å². The van der Waals surface area contributed by atoms with Crippen LogP contribution in [0.25, 0.3) is 10.9 Å². The summed E-state index contributed by atoms with van der Waals surface area (Å²) in [6.45, 7) is 6.81. The quantitative estimate of drug-likeness (QED) is 0.607. The molecule has 1 aromatic heterocycles. The van der Waals surface area contributed by atoms with E-state index in [2.05, 4.69) is 15.2 Å². The van der Waals surface area contributed by atoms with Gasteiger partial charge in [-0.3, -0.25) is 10.1 Å². The lowest BCUT2D eigenvalue weighted by Gasteiger charge is -2.19. The number of nitrogens with zero attached hydrogens (tertiary/aromatic N) is 1. The highest BCUT2D eigenvalue weighted by molar-refractivity contribution is 6.05. The highest BCUT2D eigenvalue weighted by Crippen LogP contribution is 2.21. The van der Waals surface area contributed by atoms with Crippen molar-refractivity contribution in [1.82, 2.24) is 4.57 Å². The number of carbonyl (C=O) groups excluding carboxylic acids is 2. The number of rotatable bonds is 6. The van der Waals surface area contributed by atoms with Crippen LogP contribution in [0.1, 0.15) is 31.1 Å². The Hall–Kier alpha value is -3.32. The van der Waals surface area contributed by atoms with Crippen LogP contribution in [0.3, 0.4) is 0 Å². The van der Waals surface area contributed by atoms with E-state index in [9.17, 15) is 9.59 Å². The molecule has 7 heteroatoms. The highest BCUT2D eigenvalue weighted by Gasteiger charge is 2.16. The monoisotopic (exact) mass is 409 g/mol. The zero-order valence-corrected chi connectivity index (χ0v) is 17.7. The number of methoxy groups -OCH3 is 1. The van der Waals surface area contributed by atoms with Crippen LogP contribution in [0, 0.1) is 0 Å². The number of anilines is 2. The molecule has 0 unspecified atom stereocenters. The van der Waals surface area contributed by atoms with Gasteiger partial charge in [-0.05, 0) is 69.3 Å². The van der Waals surface area contributed by atoms with Crippen molar-refractivity contribution in [2.24, 2.45) is 0 Å². The van der Waals surface area contributed by atoms with Gasteiger partial charge in [0.1, 0.15) is 5.60 Å². The fourth-order valence-electron chi connectivity index (χ4n) is 2.99. The lowest BCUT2D eigenvalue weighted by atomic mass is 10.1. The smallest absolute Gasteiger partial charge is 0.412 e. The van der Waals surface area contributed by atoms with Crippen LogP contribution < -0.4 is 10.6 Å². The molecule has 0 bridgehead atoms. The van der Waals surface area contributed by atoms with Gasteiger partial charge in [-0.2, -0.15) is 0 Å². The third kappa shape index (κ3) is 5.61. The summed E-state index contributed by atoms with van der Waals surface area (Å²) in [6, 6.07) is 14.4. The molecule has 30 heavy (non-hydrogen) atoms. The molecular weight excluding hydrogens is 382 g/mol. The second kappa shape index (κ2) is 9.00. The third-order valence-corrected chi connectivity index (χ3v) is 4.36. The molecular formula is C23H27N3O4. The van der Waals surface area contributed by atoms with Crippen LogP contribution in [0.5, 0.6) is 0 Å². The minimum Gasteiger partial charge on any atom is -0.444 e. The lowest BCUT2D eigenvalue weighted by Crippen LogP contribution is -2.27. The van der Waals surface area contributed by atoms with Crippen molar-refractivity contribution in [3.63, 3.8) is 0 Å². The first-order valence-electron chi connectivity index (χ1n) is 9.74. The summed E-state index contributed by atoms with van der Waals surface area (Å²) in [4.78, 5) is 24.4. The van der Waals surface area contributed by atoms with E-state index in [4.69, 9.17) is 9.47 Å². The van der Waals surface area contributed by atoms with Crippen molar-refractivity contribution in [3.05, 3.63) is 60.3 Å². The molecule has 158 valence electrons. The predicted octanol–water partition coefficient (Wildman–Crippen LogP) is 4.89. The second-order valence-corrected chi connectivity index (χ2v) is 7.93. The molecule has 3 aromatic rings. The molecule has 0 aliphatic heterocycles. The van der Waals surface area contributed by atoms with Crippen LogP contribution in [0.15, 0.2) is 54.7 Å². The maximum Gasteiger partial charge on any atom is 0.412 e.